The first kappa shape index (κ1) is 22.9. The lowest BCUT2D eigenvalue weighted by molar-refractivity contribution is 0.0951. The Balaban J connectivity index is 1.60. The van der Waals surface area contributed by atoms with Crippen molar-refractivity contribution in [3.8, 4) is 5.75 Å². The van der Waals surface area contributed by atoms with Gasteiger partial charge in [-0.05, 0) is 73.0 Å². The topological polar surface area (TPSA) is 79.5 Å². The van der Waals surface area contributed by atoms with Gasteiger partial charge in [0.15, 0.2) is 0 Å². The van der Waals surface area contributed by atoms with Crippen molar-refractivity contribution in [2.24, 2.45) is 5.92 Å². The van der Waals surface area contributed by atoms with E-state index in [2.05, 4.69) is 29.8 Å². The number of nitrogens with one attached hydrogen (secondary N) is 3. The van der Waals surface area contributed by atoms with Crippen molar-refractivity contribution in [3.05, 3.63) is 83.9 Å². The van der Waals surface area contributed by atoms with Gasteiger partial charge in [-0.2, -0.15) is 0 Å². The number of rotatable bonds is 9. The van der Waals surface area contributed by atoms with Crippen molar-refractivity contribution in [3.63, 3.8) is 0 Å². The maximum atomic E-state index is 12.5. The van der Waals surface area contributed by atoms with Crippen molar-refractivity contribution in [1.29, 1.82) is 0 Å². The second-order valence-electron chi connectivity index (χ2n) is 7.91. The molecule has 6 nitrogen and oxygen atoms in total. The van der Waals surface area contributed by atoms with Crippen LogP contribution in [0.5, 0.6) is 5.75 Å². The van der Waals surface area contributed by atoms with Crippen molar-refractivity contribution in [2.75, 3.05) is 24.3 Å². The summed E-state index contributed by atoms with van der Waals surface area (Å²) < 4.78 is 5.18. The summed E-state index contributed by atoms with van der Waals surface area (Å²) in [6.07, 6.45) is 0.954. The molecule has 0 fully saturated rings. The normalized spacial score (nSPS) is 10.5. The predicted molar refractivity (Wildman–Crippen MR) is 129 cm³/mol. The molecule has 32 heavy (non-hydrogen) atoms. The van der Waals surface area contributed by atoms with Gasteiger partial charge in [-0.25, -0.2) is 0 Å². The Morgan fingerprint density at radius 2 is 1.53 bits per heavy atom. The van der Waals surface area contributed by atoms with Gasteiger partial charge in [0.2, 0.25) is 0 Å². The molecular formula is C26H29N3O3. The van der Waals surface area contributed by atoms with Crippen LogP contribution in [0.1, 0.15) is 41.0 Å². The Hall–Kier alpha value is -3.80. The van der Waals surface area contributed by atoms with Crippen LogP contribution in [0, 0.1) is 5.92 Å². The van der Waals surface area contributed by atoms with E-state index < -0.39 is 0 Å². The Kier molecular flexibility index (Phi) is 7.86. The van der Waals surface area contributed by atoms with Crippen molar-refractivity contribution in [1.82, 2.24) is 5.32 Å². The van der Waals surface area contributed by atoms with E-state index in [1.165, 1.54) is 0 Å². The third kappa shape index (κ3) is 6.60. The Bertz CT molecular complexity index is 1060. The van der Waals surface area contributed by atoms with Gasteiger partial charge in [-0.3, -0.25) is 9.59 Å². The summed E-state index contributed by atoms with van der Waals surface area (Å²) in [5.41, 5.74) is 3.48. The fourth-order valence-electron chi connectivity index (χ4n) is 3.09. The zero-order valence-corrected chi connectivity index (χ0v) is 18.6. The van der Waals surface area contributed by atoms with E-state index in [9.17, 15) is 9.59 Å². The first-order valence-corrected chi connectivity index (χ1v) is 10.7. The lowest BCUT2D eigenvalue weighted by Gasteiger charge is -2.11. The monoisotopic (exact) mass is 431 g/mol. The summed E-state index contributed by atoms with van der Waals surface area (Å²) >= 11 is 0. The average molecular weight is 432 g/mol. The highest BCUT2D eigenvalue weighted by Gasteiger charge is 2.08. The zero-order valence-electron chi connectivity index (χ0n) is 18.6. The molecule has 3 rings (SSSR count). The van der Waals surface area contributed by atoms with E-state index in [1.807, 2.05) is 36.4 Å². The Morgan fingerprint density at radius 1 is 0.812 bits per heavy atom. The second kappa shape index (κ2) is 11.0. The molecule has 0 atom stereocenters. The number of amides is 2. The summed E-state index contributed by atoms with van der Waals surface area (Å²) in [6.45, 7) is 4.93. The number of ether oxygens (including phenoxy) is 1. The van der Waals surface area contributed by atoms with E-state index >= 15 is 0 Å². The van der Waals surface area contributed by atoms with E-state index in [0.717, 1.165) is 17.8 Å². The van der Waals surface area contributed by atoms with Gasteiger partial charge in [0.05, 0.1) is 7.11 Å². The van der Waals surface area contributed by atoms with E-state index in [1.54, 1.807) is 43.5 Å². The van der Waals surface area contributed by atoms with E-state index in [4.69, 9.17) is 4.74 Å². The summed E-state index contributed by atoms with van der Waals surface area (Å²) in [5.74, 6) is 0.899. The highest BCUT2D eigenvalue weighted by Crippen LogP contribution is 2.22. The van der Waals surface area contributed by atoms with Crippen LogP contribution in [0.15, 0.2) is 72.8 Å². The summed E-state index contributed by atoms with van der Waals surface area (Å²) in [4.78, 5) is 24.8. The molecule has 0 unspecified atom stereocenters. The Morgan fingerprint density at radius 3 is 2.25 bits per heavy atom. The van der Waals surface area contributed by atoms with Crippen LogP contribution < -0.4 is 20.7 Å². The molecule has 0 radical (unpaired) electrons. The molecule has 0 aliphatic rings. The van der Waals surface area contributed by atoms with E-state index in [0.29, 0.717) is 35.0 Å². The molecule has 0 saturated carbocycles. The quantitative estimate of drug-likeness (QED) is 0.420. The standard InChI is InChI=1S/C26H29N3O3/c1-18(2)14-15-27-25(30)19-10-12-21(13-11-19)28-22-7-5-8-23(17-22)29-26(31)20-6-4-9-24(16-20)32-3/h4-13,16-18,28H,14-15H2,1-3H3,(H,27,30)(H,29,31). The van der Waals surface area contributed by atoms with Gasteiger partial charge >= 0.3 is 0 Å². The van der Waals surface area contributed by atoms with Crippen LogP contribution >= 0.6 is 0 Å². The van der Waals surface area contributed by atoms with Gasteiger partial charge < -0.3 is 20.7 Å². The highest BCUT2D eigenvalue weighted by atomic mass is 16.5. The molecule has 0 aliphatic carbocycles. The highest BCUT2D eigenvalue weighted by molar-refractivity contribution is 6.04. The minimum atomic E-state index is -0.214. The first-order valence-electron chi connectivity index (χ1n) is 10.7. The van der Waals surface area contributed by atoms with Crippen LogP contribution in [0.4, 0.5) is 17.1 Å². The molecule has 0 spiro atoms. The van der Waals surface area contributed by atoms with Gasteiger partial charge in [0.1, 0.15) is 5.75 Å². The number of methoxy groups -OCH3 is 1. The van der Waals surface area contributed by atoms with Crippen LogP contribution in [-0.2, 0) is 0 Å². The molecule has 2 amide bonds. The van der Waals surface area contributed by atoms with Crippen molar-refractivity contribution in [2.45, 2.75) is 20.3 Å². The molecule has 0 heterocycles. The number of carbonyl (C=O) groups excluding carboxylic acids is 2. The first-order chi connectivity index (χ1) is 15.4. The largest absolute Gasteiger partial charge is 0.497 e. The smallest absolute Gasteiger partial charge is 0.255 e. The number of benzene rings is 3. The maximum Gasteiger partial charge on any atom is 0.255 e. The number of anilines is 3. The molecule has 166 valence electrons. The summed E-state index contributed by atoms with van der Waals surface area (Å²) in [5, 5.41) is 9.13. The summed E-state index contributed by atoms with van der Waals surface area (Å²) in [7, 11) is 1.57. The van der Waals surface area contributed by atoms with Crippen molar-refractivity contribution >= 4 is 28.9 Å². The minimum Gasteiger partial charge on any atom is -0.497 e. The maximum absolute atomic E-state index is 12.5. The van der Waals surface area contributed by atoms with Crippen LogP contribution in [0.3, 0.4) is 0 Å². The van der Waals surface area contributed by atoms with E-state index in [-0.39, 0.29) is 11.8 Å². The number of carbonyl (C=O) groups is 2. The SMILES string of the molecule is COc1cccc(C(=O)Nc2cccc(Nc3ccc(C(=O)NCCC(C)C)cc3)c2)c1. The predicted octanol–water partition coefficient (Wildman–Crippen LogP) is 5.47. The van der Waals surface area contributed by atoms with Gasteiger partial charge in [0.25, 0.3) is 11.8 Å². The van der Waals surface area contributed by atoms with Crippen molar-refractivity contribution < 1.29 is 14.3 Å². The molecule has 3 aromatic rings. The Labute approximate surface area is 189 Å². The van der Waals surface area contributed by atoms with Gasteiger partial charge in [-0.1, -0.05) is 26.0 Å². The summed E-state index contributed by atoms with van der Waals surface area (Å²) in [6, 6.07) is 21.8. The molecule has 0 aliphatic heterocycles. The third-order valence-electron chi connectivity index (χ3n) is 4.90. The van der Waals surface area contributed by atoms with Crippen LogP contribution in [0.25, 0.3) is 0 Å². The molecule has 0 aromatic heterocycles. The van der Waals surface area contributed by atoms with Gasteiger partial charge in [0, 0.05) is 34.7 Å². The number of hydrogen-bond acceptors (Lipinski definition) is 4. The molecule has 0 bridgehead atoms. The molecular weight excluding hydrogens is 402 g/mol. The fourth-order valence-corrected chi connectivity index (χ4v) is 3.09. The lowest BCUT2D eigenvalue weighted by Crippen LogP contribution is -2.25. The van der Waals surface area contributed by atoms with Crippen LogP contribution in [-0.4, -0.2) is 25.5 Å². The van der Waals surface area contributed by atoms with Crippen LogP contribution in [0.2, 0.25) is 0 Å². The second-order valence-corrected chi connectivity index (χ2v) is 7.91. The lowest BCUT2D eigenvalue weighted by atomic mass is 10.1. The number of hydrogen-bond donors (Lipinski definition) is 3. The third-order valence-corrected chi connectivity index (χ3v) is 4.90. The minimum absolute atomic E-state index is 0.0700. The molecule has 3 aromatic carbocycles. The fraction of sp³-hybridized carbons (Fsp3) is 0.231. The zero-order chi connectivity index (χ0) is 22.9. The molecule has 3 N–H and O–H groups in total. The molecule has 6 heteroatoms. The molecule has 0 saturated heterocycles. The van der Waals surface area contributed by atoms with Gasteiger partial charge in [-0.15, -0.1) is 0 Å². The average Bonchev–Trinajstić information content (AvgIpc) is 2.79.